The molecule has 7 heteroatoms. The maximum absolute atomic E-state index is 11.9. The summed E-state index contributed by atoms with van der Waals surface area (Å²) in [6.45, 7) is 0. The average molecular weight is 330 g/mol. The third-order valence-corrected chi connectivity index (χ3v) is 3.79. The minimum atomic E-state index is -0.436. The molecule has 0 atom stereocenters. The highest BCUT2D eigenvalue weighted by molar-refractivity contribution is 5.79. The fourth-order valence-electron chi connectivity index (χ4n) is 2.56. The van der Waals surface area contributed by atoms with Crippen molar-refractivity contribution in [2.45, 2.75) is 0 Å². The van der Waals surface area contributed by atoms with Gasteiger partial charge in [0.15, 0.2) is 5.82 Å². The summed E-state index contributed by atoms with van der Waals surface area (Å²) < 4.78 is 0. The highest BCUT2D eigenvalue weighted by atomic mass is 16.1. The van der Waals surface area contributed by atoms with Crippen LogP contribution in [0.4, 0.5) is 5.82 Å². The number of benzene rings is 1. The topological polar surface area (TPSA) is 113 Å². The molecular weight excluding hydrogens is 316 g/mol. The Kier molecular flexibility index (Phi) is 3.59. The molecule has 4 N–H and O–H groups in total. The first-order valence-corrected chi connectivity index (χ1v) is 7.63. The summed E-state index contributed by atoms with van der Waals surface area (Å²) in [5.41, 5.74) is 8.78. The van der Waals surface area contributed by atoms with Crippen LogP contribution in [0.5, 0.6) is 0 Å². The number of pyridine rings is 1. The van der Waals surface area contributed by atoms with Crippen LogP contribution in [0.1, 0.15) is 0 Å². The number of hydrogen-bond donors (Lipinski definition) is 3. The molecule has 1 aromatic carbocycles. The lowest BCUT2D eigenvalue weighted by molar-refractivity contribution is 1.14. The Balaban J connectivity index is 1.94. The molecule has 0 saturated carbocycles. The van der Waals surface area contributed by atoms with E-state index in [1.54, 1.807) is 12.4 Å². The van der Waals surface area contributed by atoms with Crippen LogP contribution in [0.2, 0.25) is 0 Å². The van der Waals surface area contributed by atoms with Crippen LogP contribution in [0.15, 0.2) is 65.8 Å². The Morgan fingerprint density at radius 3 is 2.40 bits per heavy atom. The van der Waals surface area contributed by atoms with Gasteiger partial charge in [-0.3, -0.25) is 9.78 Å². The van der Waals surface area contributed by atoms with E-state index < -0.39 is 5.56 Å². The SMILES string of the molecule is Nc1ncc(-c2[nH]c(-c3ccccc3)nc2-c2ccncc2)[nH]c1=O. The van der Waals surface area contributed by atoms with Crippen molar-refractivity contribution in [1.29, 1.82) is 0 Å². The van der Waals surface area contributed by atoms with Crippen LogP contribution < -0.4 is 11.3 Å². The fourth-order valence-corrected chi connectivity index (χ4v) is 2.56. The number of nitrogen functional groups attached to an aromatic ring is 1. The van der Waals surface area contributed by atoms with Gasteiger partial charge in [0.1, 0.15) is 5.82 Å². The van der Waals surface area contributed by atoms with Crippen LogP contribution in [-0.4, -0.2) is 24.9 Å². The molecule has 3 aromatic heterocycles. The normalized spacial score (nSPS) is 10.7. The molecule has 122 valence electrons. The van der Waals surface area contributed by atoms with Crippen LogP contribution in [-0.2, 0) is 0 Å². The first kappa shape index (κ1) is 14.8. The second-order valence-corrected chi connectivity index (χ2v) is 5.42. The summed E-state index contributed by atoms with van der Waals surface area (Å²) in [5, 5.41) is 0. The summed E-state index contributed by atoms with van der Waals surface area (Å²) >= 11 is 0. The van der Waals surface area contributed by atoms with Gasteiger partial charge in [0.05, 0.1) is 23.3 Å². The maximum atomic E-state index is 11.9. The van der Waals surface area contributed by atoms with E-state index >= 15 is 0 Å². The number of aromatic amines is 2. The van der Waals surface area contributed by atoms with E-state index in [9.17, 15) is 4.79 Å². The number of nitrogens with two attached hydrogens (primary N) is 1. The van der Waals surface area contributed by atoms with Crippen molar-refractivity contribution in [1.82, 2.24) is 24.9 Å². The molecule has 4 aromatic rings. The van der Waals surface area contributed by atoms with E-state index in [4.69, 9.17) is 10.7 Å². The van der Waals surface area contributed by atoms with Crippen LogP contribution >= 0.6 is 0 Å². The molecule has 0 aliphatic carbocycles. The Labute approximate surface area is 142 Å². The Morgan fingerprint density at radius 2 is 1.68 bits per heavy atom. The molecule has 0 aliphatic heterocycles. The molecule has 0 saturated heterocycles. The van der Waals surface area contributed by atoms with Crippen molar-refractivity contribution in [3.05, 3.63) is 71.4 Å². The third kappa shape index (κ3) is 2.78. The Hall–Kier alpha value is -3.74. The van der Waals surface area contributed by atoms with Crippen molar-refractivity contribution in [2.75, 3.05) is 5.73 Å². The average Bonchev–Trinajstić information content (AvgIpc) is 3.11. The van der Waals surface area contributed by atoms with Gasteiger partial charge in [-0.25, -0.2) is 9.97 Å². The van der Waals surface area contributed by atoms with Gasteiger partial charge >= 0.3 is 0 Å². The summed E-state index contributed by atoms with van der Waals surface area (Å²) in [6.07, 6.45) is 4.91. The van der Waals surface area contributed by atoms with E-state index in [-0.39, 0.29) is 5.82 Å². The van der Waals surface area contributed by atoms with Crippen molar-refractivity contribution in [3.63, 3.8) is 0 Å². The lowest BCUT2D eigenvalue weighted by Gasteiger charge is -2.02. The van der Waals surface area contributed by atoms with Crippen molar-refractivity contribution in [3.8, 4) is 34.0 Å². The molecule has 0 spiro atoms. The molecule has 7 nitrogen and oxygen atoms in total. The number of H-pyrrole nitrogens is 2. The monoisotopic (exact) mass is 330 g/mol. The molecule has 25 heavy (non-hydrogen) atoms. The number of nitrogens with zero attached hydrogens (tertiary/aromatic N) is 3. The molecule has 0 bridgehead atoms. The zero-order valence-corrected chi connectivity index (χ0v) is 13.1. The van der Waals surface area contributed by atoms with Gasteiger partial charge in [-0.05, 0) is 12.1 Å². The summed E-state index contributed by atoms with van der Waals surface area (Å²) in [7, 11) is 0. The minimum Gasteiger partial charge on any atom is -0.379 e. The first-order chi connectivity index (χ1) is 12.2. The quantitative estimate of drug-likeness (QED) is 0.534. The molecule has 0 radical (unpaired) electrons. The molecule has 3 heterocycles. The van der Waals surface area contributed by atoms with Gasteiger partial charge in [-0.2, -0.15) is 0 Å². The lowest BCUT2D eigenvalue weighted by Crippen LogP contribution is -2.14. The van der Waals surface area contributed by atoms with Crippen molar-refractivity contribution < 1.29 is 0 Å². The van der Waals surface area contributed by atoms with Gasteiger partial charge in [-0.1, -0.05) is 30.3 Å². The van der Waals surface area contributed by atoms with Crippen molar-refractivity contribution >= 4 is 5.82 Å². The zero-order valence-electron chi connectivity index (χ0n) is 13.1. The summed E-state index contributed by atoms with van der Waals surface area (Å²) in [6, 6.07) is 13.5. The Morgan fingerprint density at radius 1 is 0.920 bits per heavy atom. The second-order valence-electron chi connectivity index (χ2n) is 5.42. The maximum Gasteiger partial charge on any atom is 0.290 e. The molecule has 0 fully saturated rings. The van der Waals surface area contributed by atoms with E-state index in [0.717, 1.165) is 11.1 Å². The Bertz CT molecular complexity index is 1070. The number of nitrogens with one attached hydrogen (secondary N) is 2. The van der Waals surface area contributed by atoms with E-state index in [0.29, 0.717) is 22.9 Å². The van der Waals surface area contributed by atoms with Gasteiger partial charge in [-0.15, -0.1) is 0 Å². The van der Waals surface area contributed by atoms with Gasteiger partial charge in [0.25, 0.3) is 5.56 Å². The highest BCUT2D eigenvalue weighted by Gasteiger charge is 2.16. The molecular formula is C18H14N6O. The van der Waals surface area contributed by atoms with Crippen LogP contribution in [0.25, 0.3) is 34.0 Å². The van der Waals surface area contributed by atoms with Gasteiger partial charge in [0, 0.05) is 23.5 Å². The predicted molar refractivity (Wildman–Crippen MR) is 95.5 cm³/mol. The third-order valence-electron chi connectivity index (χ3n) is 3.79. The standard InChI is InChI=1S/C18H14N6O/c19-16-18(25)22-13(10-21-16)15-14(11-6-8-20-9-7-11)23-17(24-15)12-4-2-1-3-5-12/h1-10H,(H2,19,21)(H,22,25)(H,23,24). The van der Waals surface area contributed by atoms with Gasteiger partial charge < -0.3 is 15.7 Å². The number of imidazole rings is 1. The van der Waals surface area contributed by atoms with E-state index in [2.05, 4.69) is 19.9 Å². The largest absolute Gasteiger partial charge is 0.379 e. The van der Waals surface area contributed by atoms with Crippen LogP contribution in [0.3, 0.4) is 0 Å². The first-order valence-electron chi connectivity index (χ1n) is 7.63. The predicted octanol–water partition coefficient (Wildman–Crippen LogP) is 2.47. The van der Waals surface area contributed by atoms with Gasteiger partial charge in [0.2, 0.25) is 0 Å². The zero-order chi connectivity index (χ0) is 17.2. The highest BCUT2D eigenvalue weighted by Crippen LogP contribution is 2.31. The van der Waals surface area contributed by atoms with Crippen LogP contribution in [0, 0.1) is 0 Å². The second kappa shape index (κ2) is 6.04. The number of anilines is 1. The molecule has 0 amide bonds. The molecule has 0 unspecified atom stereocenters. The number of rotatable bonds is 3. The fraction of sp³-hybridized carbons (Fsp3) is 0. The summed E-state index contributed by atoms with van der Waals surface area (Å²) in [4.78, 5) is 30.6. The number of hydrogen-bond acceptors (Lipinski definition) is 5. The van der Waals surface area contributed by atoms with E-state index in [1.165, 1.54) is 6.20 Å². The molecule has 0 aliphatic rings. The number of aromatic nitrogens is 5. The molecule has 4 rings (SSSR count). The minimum absolute atomic E-state index is 0.0722. The lowest BCUT2D eigenvalue weighted by atomic mass is 10.1. The summed E-state index contributed by atoms with van der Waals surface area (Å²) in [5.74, 6) is 0.622. The van der Waals surface area contributed by atoms with Crippen molar-refractivity contribution in [2.24, 2.45) is 0 Å². The van der Waals surface area contributed by atoms with E-state index in [1.807, 2.05) is 42.5 Å². The smallest absolute Gasteiger partial charge is 0.290 e.